The van der Waals surface area contributed by atoms with Crippen molar-refractivity contribution < 1.29 is 5.11 Å². The Morgan fingerprint density at radius 2 is 1.92 bits per heavy atom. The lowest BCUT2D eigenvalue weighted by molar-refractivity contribution is 0.0376. The van der Waals surface area contributed by atoms with E-state index < -0.39 is 0 Å². The molecule has 0 radical (unpaired) electrons. The Kier molecular flexibility index (Phi) is 2.16. The minimum Gasteiger partial charge on any atom is -0.393 e. The van der Waals surface area contributed by atoms with Crippen molar-refractivity contribution in [3.05, 3.63) is 0 Å². The maximum atomic E-state index is 9.59. The summed E-state index contributed by atoms with van der Waals surface area (Å²) in [6, 6.07) is 0. The molecule has 1 saturated carbocycles. The Morgan fingerprint density at radius 1 is 1.38 bits per heavy atom. The van der Waals surface area contributed by atoms with Crippen LogP contribution in [0.15, 0.2) is 0 Å². The number of nitrogens with zero attached hydrogens (tertiary/aromatic N) is 1. The number of piperidine rings is 1. The van der Waals surface area contributed by atoms with Crippen LogP contribution < -0.4 is 0 Å². The van der Waals surface area contributed by atoms with Crippen LogP contribution in [-0.2, 0) is 0 Å². The van der Waals surface area contributed by atoms with Gasteiger partial charge in [-0.3, -0.25) is 0 Å². The molecule has 1 saturated heterocycles. The first-order valence-corrected chi connectivity index (χ1v) is 5.39. The molecule has 1 aliphatic heterocycles. The van der Waals surface area contributed by atoms with Crippen molar-refractivity contribution in [3.8, 4) is 0 Å². The van der Waals surface area contributed by atoms with Gasteiger partial charge in [-0.1, -0.05) is 13.8 Å². The van der Waals surface area contributed by atoms with Crippen LogP contribution >= 0.6 is 0 Å². The second kappa shape index (κ2) is 2.96. The SMILES string of the molecule is CC(O)C(C)(C)CN1CC2CC2C1. The van der Waals surface area contributed by atoms with Crippen molar-refractivity contribution in [1.29, 1.82) is 0 Å². The largest absolute Gasteiger partial charge is 0.393 e. The molecule has 0 amide bonds. The maximum absolute atomic E-state index is 9.59. The van der Waals surface area contributed by atoms with Crippen molar-refractivity contribution >= 4 is 0 Å². The van der Waals surface area contributed by atoms with E-state index in [1.165, 1.54) is 19.5 Å². The molecule has 76 valence electrons. The Labute approximate surface area is 80.9 Å². The molecular formula is C11H21NO. The van der Waals surface area contributed by atoms with E-state index >= 15 is 0 Å². The third-order valence-electron chi connectivity index (χ3n) is 3.82. The molecule has 2 aliphatic rings. The maximum Gasteiger partial charge on any atom is 0.0575 e. The van der Waals surface area contributed by atoms with Gasteiger partial charge in [0.15, 0.2) is 0 Å². The predicted octanol–water partition coefficient (Wildman–Crippen LogP) is 1.35. The predicted molar refractivity (Wildman–Crippen MR) is 53.5 cm³/mol. The molecule has 1 heterocycles. The summed E-state index contributed by atoms with van der Waals surface area (Å²) in [5.41, 5.74) is 0.0524. The highest BCUT2D eigenvalue weighted by atomic mass is 16.3. The highest BCUT2D eigenvalue weighted by Crippen LogP contribution is 2.45. The first-order valence-electron chi connectivity index (χ1n) is 5.39. The molecule has 0 aromatic rings. The summed E-state index contributed by atoms with van der Waals surface area (Å²) in [6.07, 6.45) is 1.26. The third kappa shape index (κ3) is 1.89. The standard InChI is InChI=1S/C11H21NO/c1-8(13)11(2,3)7-12-5-9-4-10(9)6-12/h8-10,13H,4-7H2,1-3H3. The summed E-state index contributed by atoms with van der Waals surface area (Å²) in [6.45, 7) is 9.82. The van der Waals surface area contributed by atoms with Crippen LogP contribution in [0, 0.1) is 17.3 Å². The second-order valence-corrected chi connectivity index (χ2v) is 5.61. The molecule has 3 unspecified atom stereocenters. The Hall–Kier alpha value is -0.0800. The average molecular weight is 183 g/mol. The minimum atomic E-state index is -0.204. The average Bonchev–Trinajstić information content (AvgIpc) is 2.58. The summed E-state index contributed by atoms with van der Waals surface area (Å²) in [4.78, 5) is 2.52. The van der Waals surface area contributed by atoms with Gasteiger partial charge in [-0.15, -0.1) is 0 Å². The topological polar surface area (TPSA) is 23.5 Å². The van der Waals surface area contributed by atoms with Gasteiger partial charge in [0.05, 0.1) is 6.10 Å². The fraction of sp³-hybridized carbons (Fsp3) is 1.00. The molecule has 0 bridgehead atoms. The van der Waals surface area contributed by atoms with Crippen molar-refractivity contribution in [3.63, 3.8) is 0 Å². The summed E-state index contributed by atoms with van der Waals surface area (Å²) >= 11 is 0. The first kappa shape index (κ1) is 9.47. The van der Waals surface area contributed by atoms with Crippen molar-refractivity contribution in [2.75, 3.05) is 19.6 Å². The monoisotopic (exact) mass is 183 g/mol. The van der Waals surface area contributed by atoms with Crippen LogP contribution in [0.4, 0.5) is 0 Å². The van der Waals surface area contributed by atoms with Crippen LogP contribution in [0.5, 0.6) is 0 Å². The zero-order valence-corrected chi connectivity index (χ0v) is 8.95. The number of rotatable bonds is 3. The molecule has 1 aliphatic carbocycles. The van der Waals surface area contributed by atoms with Gasteiger partial charge < -0.3 is 10.0 Å². The van der Waals surface area contributed by atoms with Crippen LogP contribution in [0.25, 0.3) is 0 Å². The van der Waals surface area contributed by atoms with E-state index in [0.29, 0.717) is 0 Å². The minimum absolute atomic E-state index is 0.0524. The number of hydrogen-bond acceptors (Lipinski definition) is 2. The molecule has 0 spiro atoms. The normalized spacial score (nSPS) is 36.0. The van der Waals surface area contributed by atoms with Crippen LogP contribution in [-0.4, -0.2) is 35.7 Å². The van der Waals surface area contributed by atoms with Crippen molar-refractivity contribution in [2.45, 2.75) is 33.3 Å². The quantitative estimate of drug-likeness (QED) is 0.714. The number of aliphatic hydroxyl groups is 1. The molecule has 0 aromatic heterocycles. The van der Waals surface area contributed by atoms with Crippen LogP contribution in [0.2, 0.25) is 0 Å². The van der Waals surface area contributed by atoms with Gasteiger partial charge >= 0.3 is 0 Å². The van der Waals surface area contributed by atoms with Gasteiger partial charge in [-0.25, -0.2) is 0 Å². The smallest absolute Gasteiger partial charge is 0.0575 e. The van der Waals surface area contributed by atoms with Gasteiger partial charge in [0.2, 0.25) is 0 Å². The Morgan fingerprint density at radius 3 is 2.38 bits per heavy atom. The number of hydrogen-bond donors (Lipinski definition) is 1. The van der Waals surface area contributed by atoms with Gasteiger partial charge in [-0.05, 0) is 25.2 Å². The lowest BCUT2D eigenvalue weighted by Crippen LogP contribution is -2.40. The fourth-order valence-electron chi connectivity index (χ4n) is 2.33. The van der Waals surface area contributed by atoms with Crippen molar-refractivity contribution in [2.24, 2.45) is 17.3 Å². The molecule has 2 fully saturated rings. The van der Waals surface area contributed by atoms with Gasteiger partial charge in [0, 0.05) is 25.0 Å². The van der Waals surface area contributed by atoms with E-state index in [-0.39, 0.29) is 11.5 Å². The number of aliphatic hydroxyl groups excluding tert-OH is 1. The van der Waals surface area contributed by atoms with E-state index in [1.54, 1.807) is 0 Å². The zero-order chi connectivity index (χ0) is 9.64. The molecule has 0 aromatic carbocycles. The zero-order valence-electron chi connectivity index (χ0n) is 8.95. The molecule has 2 heteroatoms. The fourth-order valence-corrected chi connectivity index (χ4v) is 2.33. The van der Waals surface area contributed by atoms with Gasteiger partial charge in [0.1, 0.15) is 0 Å². The van der Waals surface area contributed by atoms with Crippen molar-refractivity contribution in [1.82, 2.24) is 4.90 Å². The number of fused-ring (bicyclic) bond motifs is 1. The molecule has 2 nitrogen and oxygen atoms in total. The Bertz CT molecular complexity index is 190. The molecular weight excluding hydrogens is 162 g/mol. The summed E-state index contributed by atoms with van der Waals surface area (Å²) in [7, 11) is 0. The van der Waals surface area contributed by atoms with E-state index in [9.17, 15) is 5.11 Å². The number of likely N-dealkylation sites (tertiary alicyclic amines) is 1. The van der Waals surface area contributed by atoms with Crippen LogP contribution in [0.3, 0.4) is 0 Å². The lowest BCUT2D eigenvalue weighted by Gasteiger charge is -2.33. The highest BCUT2D eigenvalue weighted by Gasteiger charge is 2.46. The first-order chi connectivity index (χ1) is 5.99. The van der Waals surface area contributed by atoms with Crippen LogP contribution in [0.1, 0.15) is 27.2 Å². The molecule has 2 rings (SSSR count). The molecule has 1 N–H and O–H groups in total. The van der Waals surface area contributed by atoms with E-state index in [4.69, 9.17) is 0 Å². The summed E-state index contributed by atoms with van der Waals surface area (Å²) in [5, 5.41) is 9.59. The summed E-state index contributed by atoms with van der Waals surface area (Å²) in [5.74, 6) is 2.01. The molecule has 13 heavy (non-hydrogen) atoms. The van der Waals surface area contributed by atoms with E-state index in [0.717, 1.165) is 18.4 Å². The summed E-state index contributed by atoms with van der Waals surface area (Å²) < 4.78 is 0. The van der Waals surface area contributed by atoms with E-state index in [2.05, 4.69) is 18.7 Å². The molecule has 3 atom stereocenters. The highest BCUT2D eigenvalue weighted by molar-refractivity contribution is 4.98. The van der Waals surface area contributed by atoms with Gasteiger partial charge in [0.25, 0.3) is 0 Å². The second-order valence-electron chi connectivity index (χ2n) is 5.61. The lowest BCUT2D eigenvalue weighted by atomic mass is 9.87. The van der Waals surface area contributed by atoms with E-state index in [1.807, 2.05) is 6.92 Å². The van der Waals surface area contributed by atoms with Gasteiger partial charge in [-0.2, -0.15) is 0 Å². The third-order valence-corrected chi connectivity index (χ3v) is 3.82. The Balaban J connectivity index is 1.83.